The van der Waals surface area contributed by atoms with E-state index in [1.165, 1.54) is 0 Å². The van der Waals surface area contributed by atoms with Crippen LogP contribution in [0.15, 0.2) is 5.16 Å². The van der Waals surface area contributed by atoms with Crippen LogP contribution in [0.25, 0.3) is 0 Å². The van der Waals surface area contributed by atoms with Crippen molar-refractivity contribution in [2.45, 2.75) is 33.8 Å². The van der Waals surface area contributed by atoms with E-state index in [0.29, 0.717) is 0 Å². The molecule has 4 N–H and O–H groups in total. The van der Waals surface area contributed by atoms with Gasteiger partial charge in [-0.2, -0.15) is 12.7 Å². The molecule has 0 fully saturated rings. The molecule has 10 heteroatoms. The molecular formula is C10H22N4O5S. The first-order chi connectivity index (χ1) is 9.13. The average Bonchev–Trinajstić information content (AvgIpc) is 2.32. The molecule has 9 nitrogen and oxygen atoms in total. The van der Waals surface area contributed by atoms with Crippen LogP contribution in [-0.4, -0.2) is 49.1 Å². The van der Waals surface area contributed by atoms with Crippen LogP contribution in [0.1, 0.15) is 27.7 Å². The minimum absolute atomic E-state index is 0.0311. The third kappa shape index (κ3) is 6.06. The number of amidine groups is 1. The van der Waals surface area contributed by atoms with Crippen molar-refractivity contribution in [1.82, 2.24) is 9.03 Å². The van der Waals surface area contributed by atoms with E-state index in [4.69, 9.17) is 15.7 Å². The molecule has 0 aromatic carbocycles. The van der Waals surface area contributed by atoms with Gasteiger partial charge in [0.15, 0.2) is 0 Å². The largest absolute Gasteiger partial charge is 0.446 e. The number of hydrogen-bond donors (Lipinski definition) is 3. The van der Waals surface area contributed by atoms with Crippen molar-refractivity contribution < 1.29 is 23.2 Å². The molecular weight excluding hydrogens is 288 g/mol. The predicted octanol–water partition coefficient (Wildman–Crippen LogP) is 0.0702. The highest BCUT2D eigenvalue weighted by atomic mass is 32.2. The standard InChI is InChI=1S/C10H22N4O5S/c1-5-14(6-8(4)9(11)12-16)20(17,18)13-10(15)19-7(2)3/h7-8,16H,5-6H2,1-4H3,(H2,11,12)(H,13,15). The third-order valence-corrected chi connectivity index (χ3v) is 3.86. The van der Waals surface area contributed by atoms with Crippen LogP contribution in [-0.2, 0) is 14.9 Å². The minimum Gasteiger partial charge on any atom is -0.446 e. The van der Waals surface area contributed by atoms with E-state index in [-0.39, 0.29) is 18.9 Å². The first kappa shape index (κ1) is 18.4. The van der Waals surface area contributed by atoms with Gasteiger partial charge in [-0.15, -0.1) is 0 Å². The van der Waals surface area contributed by atoms with Crippen molar-refractivity contribution >= 4 is 22.1 Å². The Bertz CT molecular complexity index is 449. The number of rotatable bonds is 7. The minimum atomic E-state index is -4.04. The molecule has 0 aliphatic rings. The van der Waals surface area contributed by atoms with E-state index in [2.05, 4.69) is 5.16 Å². The molecule has 0 saturated carbocycles. The van der Waals surface area contributed by atoms with Gasteiger partial charge < -0.3 is 15.7 Å². The van der Waals surface area contributed by atoms with Crippen molar-refractivity contribution in [3.8, 4) is 0 Å². The Balaban J connectivity index is 4.82. The lowest BCUT2D eigenvalue weighted by Crippen LogP contribution is -2.47. The van der Waals surface area contributed by atoms with Gasteiger partial charge in [-0.1, -0.05) is 19.0 Å². The highest BCUT2D eigenvalue weighted by Gasteiger charge is 2.26. The van der Waals surface area contributed by atoms with Gasteiger partial charge in [0.2, 0.25) is 0 Å². The van der Waals surface area contributed by atoms with Crippen LogP contribution in [0.2, 0.25) is 0 Å². The fourth-order valence-electron chi connectivity index (χ4n) is 1.30. The van der Waals surface area contributed by atoms with Crippen LogP contribution in [0.5, 0.6) is 0 Å². The van der Waals surface area contributed by atoms with Crippen LogP contribution in [0.3, 0.4) is 0 Å². The van der Waals surface area contributed by atoms with Crippen molar-refractivity contribution in [2.75, 3.05) is 13.1 Å². The molecule has 0 aliphatic carbocycles. The van der Waals surface area contributed by atoms with Gasteiger partial charge in [0.25, 0.3) is 0 Å². The quantitative estimate of drug-likeness (QED) is 0.264. The fourth-order valence-corrected chi connectivity index (χ4v) is 2.45. The second kappa shape index (κ2) is 7.90. The average molecular weight is 310 g/mol. The van der Waals surface area contributed by atoms with Gasteiger partial charge in [-0.3, -0.25) is 0 Å². The Morgan fingerprint density at radius 3 is 2.40 bits per heavy atom. The monoisotopic (exact) mass is 310 g/mol. The zero-order chi connectivity index (χ0) is 15.9. The lowest BCUT2D eigenvalue weighted by atomic mass is 10.1. The van der Waals surface area contributed by atoms with Crippen molar-refractivity contribution in [3.63, 3.8) is 0 Å². The molecule has 0 rings (SSSR count). The third-order valence-electron chi connectivity index (χ3n) is 2.35. The summed E-state index contributed by atoms with van der Waals surface area (Å²) in [5, 5.41) is 11.4. The van der Waals surface area contributed by atoms with Crippen LogP contribution in [0.4, 0.5) is 4.79 Å². The highest BCUT2D eigenvalue weighted by molar-refractivity contribution is 7.87. The summed E-state index contributed by atoms with van der Waals surface area (Å²) in [5.74, 6) is -0.596. The zero-order valence-corrected chi connectivity index (χ0v) is 12.8. The first-order valence-electron chi connectivity index (χ1n) is 6.09. The van der Waals surface area contributed by atoms with Gasteiger partial charge in [0, 0.05) is 19.0 Å². The zero-order valence-electron chi connectivity index (χ0n) is 12.0. The summed E-state index contributed by atoms with van der Waals surface area (Å²) < 4.78 is 31.4. The molecule has 20 heavy (non-hydrogen) atoms. The van der Waals surface area contributed by atoms with Crippen LogP contribution < -0.4 is 10.5 Å². The molecule has 118 valence electrons. The van der Waals surface area contributed by atoms with Crippen LogP contribution >= 0.6 is 0 Å². The number of oxime groups is 1. The second-order valence-electron chi connectivity index (χ2n) is 4.44. The smallest absolute Gasteiger partial charge is 0.422 e. The Kier molecular flexibility index (Phi) is 7.29. The topological polar surface area (TPSA) is 134 Å². The number of nitrogens with zero attached hydrogens (tertiary/aromatic N) is 2. The number of hydrogen-bond acceptors (Lipinski definition) is 6. The Labute approximate surface area is 118 Å². The molecule has 0 saturated heterocycles. The molecule has 1 amide bonds. The fraction of sp³-hybridized carbons (Fsp3) is 0.800. The molecule has 0 spiro atoms. The SMILES string of the molecule is CCN(CC(C)C(N)=NO)S(=O)(=O)NC(=O)OC(C)C. The molecule has 1 atom stereocenters. The number of ether oxygens (including phenoxy) is 1. The molecule has 0 aliphatic heterocycles. The van der Waals surface area contributed by atoms with E-state index in [0.717, 1.165) is 4.31 Å². The second-order valence-corrected chi connectivity index (χ2v) is 6.11. The predicted molar refractivity (Wildman–Crippen MR) is 73.5 cm³/mol. The number of amides is 1. The van der Waals surface area contributed by atoms with Gasteiger partial charge in [0.1, 0.15) is 5.84 Å². The van der Waals surface area contributed by atoms with E-state index < -0.39 is 28.3 Å². The summed E-state index contributed by atoms with van der Waals surface area (Å²) >= 11 is 0. The Morgan fingerprint density at radius 2 is 2.00 bits per heavy atom. The number of carbonyl (C=O) groups excluding carboxylic acids is 1. The van der Waals surface area contributed by atoms with E-state index in [1.54, 1.807) is 32.4 Å². The van der Waals surface area contributed by atoms with E-state index in [1.807, 2.05) is 0 Å². The summed E-state index contributed by atoms with van der Waals surface area (Å²) in [6, 6.07) is 0. The normalized spacial score (nSPS) is 14.4. The molecule has 1 unspecified atom stereocenters. The maximum absolute atomic E-state index is 12.0. The summed E-state index contributed by atoms with van der Waals surface area (Å²) in [5.41, 5.74) is 5.40. The number of nitrogens with two attached hydrogens (primary N) is 1. The Morgan fingerprint density at radius 1 is 1.45 bits per heavy atom. The molecule has 0 bridgehead atoms. The maximum Gasteiger partial charge on any atom is 0.422 e. The summed E-state index contributed by atoms with van der Waals surface area (Å²) in [4.78, 5) is 11.3. The maximum atomic E-state index is 12.0. The van der Waals surface area contributed by atoms with Gasteiger partial charge >= 0.3 is 16.3 Å². The van der Waals surface area contributed by atoms with Gasteiger partial charge in [-0.25, -0.2) is 9.52 Å². The van der Waals surface area contributed by atoms with Crippen LogP contribution in [0, 0.1) is 5.92 Å². The number of nitrogens with one attached hydrogen (secondary N) is 1. The lowest BCUT2D eigenvalue weighted by molar-refractivity contribution is 0.121. The van der Waals surface area contributed by atoms with Crippen molar-refractivity contribution in [2.24, 2.45) is 16.8 Å². The summed E-state index contributed by atoms with van der Waals surface area (Å²) in [6.45, 7) is 6.49. The highest BCUT2D eigenvalue weighted by Crippen LogP contribution is 2.05. The number of carbonyl (C=O) groups is 1. The Hall–Kier alpha value is -1.55. The molecule has 0 aromatic heterocycles. The van der Waals surface area contributed by atoms with Gasteiger partial charge in [-0.05, 0) is 13.8 Å². The van der Waals surface area contributed by atoms with Crippen molar-refractivity contribution in [3.05, 3.63) is 0 Å². The molecule has 0 heterocycles. The van der Waals surface area contributed by atoms with Crippen molar-refractivity contribution in [1.29, 1.82) is 0 Å². The first-order valence-corrected chi connectivity index (χ1v) is 7.53. The van der Waals surface area contributed by atoms with E-state index >= 15 is 0 Å². The molecule has 0 radical (unpaired) electrons. The molecule has 0 aromatic rings. The van der Waals surface area contributed by atoms with E-state index in [9.17, 15) is 13.2 Å². The lowest BCUT2D eigenvalue weighted by Gasteiger charge is -2.23. The summed E-state index contributed by atoms with van der Waals surface area (Å²) in [6.07, 6.45) is -1.48. The van der Waals surface area contributed by atoms with Gasteiger partial charge in [0.05, 0.1) is 6.10 Å². The summed E-state index contributed by atoms with van der Waals surface area (Å²) in [7, 11) is -4.04.